The molecule has 1 aromatic carbocycles. The van der Waals surface area contributed by atoms with Crippen LogP contribution in [0.5, 0.6) is 0 Å². The molecule has 27 heavy (non-hydrogen) atoms. The van der Waals surface area contributed by atoms with E-state index >= 15 is 0 Å². The molecule has 3 aromatic heterocycles. The van der Waals surface area contributed by atoms with Gasteiger partial charge in [-0.3, -0.25) is 9.48 Å². The van der Waals surface area contributed by atoms with E-state index in [9.17, 15) is 4.79 Å². The molecule has 3 heterocycles. The number of amides is 1. The van der Waals surface area contributed by atoms with Gasteiger partial charge in [0.25, 0.3) is 0 Å². The van der Waals surface area contributed by atoms with Crippen molar-refractivity contribution < 1.29 is 4.79 Å². The third-order valence-corrected chi connectivity index (χ3v) is 4.67. The van der Waals surface area contributed by atoms with Gasteiger partial charge in [0.2, 0.25) is 5.91 Å². The summed E-state index contributed by atoms with van der Waals surface area (Å²) in [6.45, 7) is 2.01. The van der Waals surface area contributed by atoms with Gasteiger partial charge < -0.3 is 5.32 Å². The number of hydrogen-bond acceptors (Lipinski definition) is 7. The number of hydrogen-bond donors (Lipinski definition) is 1. The molecule has 9 nitrogen and oxygen atoms in total. The van der Waals surface area contributed by atoms with Crippen molar-refractivity contribution in [2.45, 2.75) is 13.5 Å². The van der Waals surface area contributed by atoms with Crippen LogP contribution < -0.4 is 5.32 Å². The maximum absolute atomic E-state index is 12.2. The second-order valence-electron chi connectivity index (χ2n) is 5.87. The van der Waals surface area contributed by atoms with Crippen LogP contribution in [0.25, 0.3) is 21.7 Å². The van der Waals surface area contributed by atoms with Crippen LogP contribution in [0.4, 0.5) is 5.82 Å². The van der Waals surface area contributed by atoms with E-state index in [1.54, 1.807) is 29.3 Å². The van der Waals surface area contributed by atoms with Crippen LogP contribution in [-0.2, 0) is 18.4 Å². The van der Waals surface area contributed by atoms with Gasteiger partial charge in [-0.2, -0.15) is 15.0 Å². The summed E-state index contributed by atoms with van der Waals surface area (Å²) in [4.78, 5) is 13.5. The van der Waals surface area contributed by atoms with E-state index in [1.807, 2.05) is 37.4 Å². The molecule has 0 radical (unpaired) electrons. The molecular formula is C17H16N8OS. The van der Waals surface area contributed by atoms with Crippen molar-refractivity contribution in [2.24, 2.45) is 7.05 Å². The van der Waals surface area contributed by atoms with Crippen molar-refractivity contribution in [3.8, 4) is 21.7 Å². The maximum Gasteiger partial charge on any atom is 0.247 e. The molecule has 4 rings (SSSR count). The Morgan fingerprint density at radius 1 is 1.15 bits per heavy atom. The van der Waals surface area contributed by atoms with Crippen LogP contribution in [0.2, 0.25) is 0 Å². The van der Waals surface area contributed by atoms with E-state index in [0.717, 1.165) is 26.7 Å². The summed E-state index contributed by atoms with van der Waals surface area (Å²) >= 11 is 1.54. The van der Waals surface area contributed by atoms with Crippen molar-refractivity contribution in [1.82, 2.24) is 35.0 Å². The quantitative estimate of drug-likeness (QED) is 0.569. The lowest BCUT2D eigenvalue weighted by atomic mass is 10.0. The normalized spacial score (nSPS) is 10.9. The zero-order valence-corrected chi connectivity index (χ0v) is 15.5. The number of carbonyl (C=O) groups is 1. The highest BCUT2D eigenvalue weighted by atomic mass is 32.1. The summed E-state index contributed by atoms with van der Waals surface area (Å²) in [7, 11) is 1.69. The van der Waals surface area contributed by atoms with E-state index in [0.29, 0.717) is 5.82 Å². The molecule has 4 aromatic rings. The fraction of sp³-hybridized carbons (Fsp3) is 0.176. The summed E-state index contributed by atoms with van der Waals surface area (Å²) in [5.41, 5.74) is 2.90. The van der Waals surface area contributed by atoms with E-state index in [1.165, 1.54) is 11.0 Å². The topological polar surface area (TPSA) is 103 Å². The minimum absolute atomic E-state index is 0.0800. The largest absolute Gasteiger partial charge is 0.306 e. The van der Waals surface area contributed by atoms with Gasteiger partial charge in [-0.15, -0.1) is 15.3 Å². The molecule has 0 bridgehead atoms. The van der Waals surface area contributed by atoms with Gasteiger partial charge in [-0.1, -0.05) is 35.6 Å². The van der Waals surface area contributed by atoms with Gasteiger partial charge in [0.05, 0.1) is 12.4 Å². The number of aryl methyl sites for hydroxylation is 2. The molecule has 0 fully saturated rings. The maximum atomic E-state index is 12.2. The molecule has 0 unspecified atom stereocenters. The highest BCUT2D eigenvalue weighted by Gasteiger charge is 2.13. The molecule has 0 spiro atoms. The number of rotatable bonds is 5. The zero-order valence-electron chi connectivity index (χ0n) is 14.7. The molecule has 0 saturated carbocycles. The first-order chi connectivity index (χ1) is 13.1. The molecule has 0 aliphatic heterocycles. The average Bonchev–Trinajstić information content (AvgIpc) is 3.37. The molecule has 0 saturated heterocycles. The minimum atomic E-state index is -0.224. The standard InChI is InChI=1S/C17H16N8OS/c1-11-21-22-17(27-11)14-6-4-3-5-13(14)12-7-19-25(9-12)10-16(26)20-15-8-18-24(2)23-15/h3-9H,10H2,1-2H3,(H,20,23,26). The third-order valence-electron chi connectivity index (χ3n) is 3.80. The molecule has 1 N–H and O–H groups in total. The summed E-state index contributed by atoms with van der Waals surface area (Å²) in [6.07, 6.45) is 5.07. The molecule has 10 heteroatoms. The van der Waals surface area contributed by atoms with E-state index in [2.05, 4.69) is 30.8 Å². The first kappa shape index (κ1) is 17.0. The van der Waals surface area contributed by atoms with Crippen LogP contribution >= 0.6 is 11.3 Å². The Labute approximate surface area is 158 Å². The summed E-state index contributed by atoms with van der Waals surface area (Å²) in [6, 6.07) is 7.94. The average molecular weight is 380 g/mol. The Morgan fingerprint density at radius 3 is 2.67 bits per heavy atom. The number of benzene rings is 1. The van der Waals surface area contributed by atoms with Gasteiger partial charge >= 0.3 is 0 Å². The van der Waals surface area contributed by atoms with Gasteiger partial charge in [0, 0.05) is 24.4 Å². The predicted octanol–water partition coefficient (Wildman–Crippen LogP) is 2.14. The number of nitrogens with zero attached hydrogens (tertiary/aromatic N) is 7. The number of carbonyl (C=O) groups excluding carboxylic acids is 1. The van der Waals surface area contributed by atoms with Crippen molar-refractivity contribution in [2.75, 3.05) is 5.32 Å². The van der Waals surface area contributed by atoms with Gasteiger partial charge in [-0.05, 0) is 12.5 Å². The van der Waals surface area contributed by atoms with E-state index in [4.69, 9.17) is 0 Å². The second kappa shape index (κ2) is 7.08. The molecule has 0 aliphatic carbocycles. The van der Waals surface area contributed by atoms with Gasteiger partial charge in [0.1, 0.15) is 16.6 Å². The SMILES string of the molecule is Cc1nnc(-c2ccccc2-c2cnn(CC(=O)Nc3cnn(C)n3)c2)s1. The molecule has 0 atom stereocenters. The van der Waals surface area contributed by atoms with Gasteiger partial charge in [0.15, 0.2) is 5.82 Å². The van der Waals surface area contributed by atoms with Crippen LogP contribution in [0.15, 0.2) is 42.9 Å². The van der Waals surface area contributed by atoms with Crippen LogP contribution in [-0.4, -0.2) is 40.9 Å². The predicted molar refractivity (Wildman–Crippen MR) is 101 cm³/mol. The lowest BCUT2D eigenvalue weighted by Crippen LogP contribution is -2.19. The monoisotopic (exact) mass is 380 g/mol. The Kier molecular flexibility index (Phi) is 4.47. The van der Waals surface area contributed by atoms with Crippen LogP contribution in [0.3, 0.4) is 0 Å². The first-order valence-corrected chi connectivity index (χ1v) is 8.98. The molecule has 136 valence electrons. The highest BCUT2D eigenvalue weighted by molar-refractivity contribution is 7.14. The van der Waals surface area contributed by atoms with Crippen LogP contribution in [0, 0.1) is 6.92 Å². The summed E-state index contributed by atoms with van der Waals surface area (Å²) < 4.78 is 1.59. The highest BCUT2D eigenvalue weighted by Crippen LogP contribution is 2.33. The lowest BCUT2D eigenvalue weighted by molar-refractivity contribution is -0.116. The molecule has 1 amide bonds. The van der Waals surface area contributed by atoms with E-state index < -0.39 is 0 Å². The van der Waals surface area contributed by atoms with Crippen molar-refractivity contribution in [1.29, 1.82) is 0 Å². The van der Waals surface area contributed by atoms with Crippen molar-refractivity contribution in [3.63, 3.8) is 0 Å². The summed E-state index contributed by atoms with van der Waals surface area (Å²) in [5, 5.41) is 25.0. The van der Waals surface area contributed by atoms with Crippen molar-refractivity contribution >= 4 is 23.1 Å². The zero-order chi connectivity index (χ0) is 18.8. The third kappa shape index (κ3) is 3.75. The lowest BCUT2D eigenvalue weighted by Gasteiger charge is -2.04. The number of nitrogens with one attached hydrogen (secondary N) is 1. The Balaban J connectivity index is 1.54. The molecular weight excluding hydrogens is 364 g/mol. The Hall–Kier alpha value is -3.40. The van der Waals surface area contributed by atoms with Crippen LogP contribution in [0.1, 0.15) is 5.01 Å². The fourth-order valence-electron chi connectivity index (χ4n) is 2.65. The van der Waals surface area contributed by atoms with E-state index in [-0.39, 0.29) is 12.5 Å². The fourth-order valence-corrected chi connectivity index (χ4v) is 3.38. The smallest absolute Gasteiger partial charge is 0.247 e. The summed E-state index contributed by atoms with van der Waals surface area (Å²) in [5.74, 6) is 0.185. The number of anilines is 1. The second-order valence-corrected chi connectivity index (χ2v) is 7.05. The first-order valence-electron chi connectivity index (χ1n) is 8.17. The molecule has 0 aliphatic rings. The van der Waals surface area contributed by atoms with Gasteiger partial charge in [-0.25, -0.2) is 0 Å². The Bertz CT molecular complexity index is 1100. The Morgan fingerprint density at radius 2 is 1.96 bits per heavy atom. The minimum Gasteiger partial charge on any atom is -0.306 e. The van der Waals surface area contributed by atoms with Crippen molar-refractivity contribution in [3.05, 3.63) is 47.9 Å². The number of aromatic nitrogens is 7.